The van der Waals surface area contributed by atoms with E-state index in [9.17, 15) is 30.8 Å². The van der Waals surface area contributed by atoms with E-state index in [1.165, 1.54) is 66.7 Å². The molecule has 0 aliphatic carbocycles. The van der Waals surface area contributed by atoms with Gasteiger partial charge in [-0.15, -0.1) is 0 Å². The molecule has 0 radical (unpaired) electrons. The fourth-order valence-electron chi connectivity index (χ4n) is 10.1. The summed E-state index contributed by atoms with van der Waals surface area (Å²) in [5, 5.41) is 2.29. The van der Waals surface area contributed by atoms with Gasteiger partial charge in [-0.3, -0.25) is 9.59 Å². The predicted molar refractivity (Wildman–Crippen MR) is 308 cm³/mol. The number of carbonyl (C=O) groups is 2. The number of nitrogen functional groups attached to an aromatic ring is 1. The molecule has 2 saturated heterocycles. The molecule has 0 spiro atoms. The number of hydrogen-bond donors (Lipinski definition) is 4. The molecule has 23 heteroatoms. The molecule has 2 aliphatic heterocycles. The molecular formula is C56H65F2IN10O8S2. The van der Waals surface area contributed by atoms with Crippen molar-refractivity contribution >= 4 is 77.7 Å². The minimum atomic E-state index is -4.54. The highest BCUT2D eigenvalue weighted by atomic mass is 127. The smallest absolute Gasteiger partial charge is 0.281 e. The monoisotopic (exact) mass is 1230 g/mol. The Morgan fingerprint density at radius 1 is 0.696 bits per heavy atom. The van der Waals surface area contributed by atoms with Crippen molar-refractivity contribution in [2.45, 2.75) is 96.3 Å². The average Bonchev–Trinajstić information content (AvgIpc) is 3.82. The SMILES string of the molecule is CC(C)COc1cc(F)cc(-c2ccc(C(=O)NS(=O)(=O)c3cccc(NCC(C)COc4cc(F)cc(-c5nc(N6C[C@@H](C)CC6(C)C)c(C(=O)NS(=O)(=O)c6cccc(N)n6)cc5I)c4)n3)c(N3C[C@@H](C)CC3(C)C)n2)c1. The molecular weight excluding hydrogens is 1170 g/mol. The summed E-state index contributed by atoms with van der Waals surface area (Å²) in [7, 11) is -8.97. The van der Waals surface area contributed by atoms with Crippen molar-refractivity contribution in [2.75, 3.05) is 53.7 Å². The van der Waals surface area contributed by atoms with E-state index in [0.717, 1.165) is 12.8 Å². The zero-order chi connectivity index (χ0) is 57.4. The number of ether oxygens (including phenoxy) is 2. The zero-order valence-corrected chi connectivity index (χ0v) is 49.2. The molecule has 420 valence electrons. The van der Waals surface area contributed by atoms with Gasteiger partial charge in [0.15, 0.2) is 10.1 Å². The second kappa shape index (κ2) is 23.2. The van der Waals surface area contributed by atoms with Gasteiger partial charge in [-0.25, -0.2) is 38.2 Å². The number of nitrogens with zero attached hydrogens (tertiary/aromatic N) is 6. The van der Waals surface area contributed by atoms with Gasteiger partial charge < -0.3 is 30.3 Å². The summed E-state index contributed by atoms with van der Waals surface area (Å²) in [6, 6.07) is 21.4. The summed E-state index contributed by atoms with van der Waals surface area (Å²) < 4.78 is 102. The lowest BCUT2D eigenvalue weighted by molar-refractivity contribution is 0.0972. The van der Waals surface area contributed by atoms with Crippen molar-refractivity contribution in [2.24, 2.45) is 23.7 Å². The van der Waals surface area contributed by atoms with Crippen molar-refractivity contribution in [3.8, 4) is 34.0 Å². The molecule has 2 aromatic carbocycles. The summed E-state index contributed by atoms with van der Waals surface area (Å²) in [5.41, 5.74) is 6.29. The first-order valence-corrected chi connectivity index (χ1v) is 29.8. The summed E-state index contributed by atoms with van der Waals surface area (Å²) >= 11 is 1.98. The van der Waals surface area contributed by atoms with Gasteiger partial charge in [0.2, 0.25) is 0 Å². The van der Waals surface area contributed by atoms with Crippen LogP contribution >= 0.6 is 22.6 Å². The van der Waals surface area contributed by atoms with Crippen molar-refractivity contribution in [3.05, 3.63) is 117 Å². The van der Waals surface area contributed by atoms with E-state index in [2.05, 4.69) is 38.6 Å². The van der Waals surface area contributed by atoms with Crippen molar-refractivity contribution in [1.82, 2.24) is 29.4 Å². The summed E-state index contributed by atoms with van der Waals surface area (Å²) in [4.78, 5) is 50.0. The van der Waals surface area contributed by atoms with Crippen LogP contribution in [0.15, 0.2) is 101 Å². The minimum absolute atomic E-state index is 0.00435. The van der Waals surface area contributed by atoms with Crippen LogP contribution < -0.4 is 39.8 Å². The zero-order valence-electron chi connectivity index (χ0n) is 45.4. The van der Waals surface area contributed by atoms with Crippen LogP contribution in [0.25, 0.3) is 22.5 Å². The van der Waals surface area contributed by atoms with Crippen LogP contribution in [0.4, 0.5) is 32.1 Å². The van der Waals surface area contributed by atoms with Crippen molar-refractivity contribution in [3.63, 3.8) is 0 Å². The number of benzene rings is 2. The summed E-state index contributed by atoms with van der Waals surface area (Å²) in [5.74, 6) is -1.43. The Morgan fingerprint density at radius 3 is 1.80 bits per heavy atom. The number of sulfonamides is 2. The number of nitrogens with one attached hydrogen (secondary N) is 3. The highest BCUT2D eigenvalue weighted by molar-refractivity contribution is 14.1. The quantitative estimate of drug-likeness (QED) is 0.0552. The fraction of sp³-hybridized carbons (Fsp3) is 0.393. The van der Waals surface area contributed by atoms with Crippen LogP contribution in [0.3, 0.4) is 0 Å². The van der Waals surface area contributed by atoms with Crippen LogP contribution in [0.2, 0.25) is 0 Å². The Hall–Kier alpha value is -6.73. The van der Waals surface area contributed by atoms with Crippen molar-refractivity contribution < 1.29 is 44.7 Å². The second-order valence-corrected chi connectivity index (χ2v) is 26.6. The van der Waals surface area contributed by atoms with Gasteiger partial charge in [0.25, 0.3) is 31.9 Å². The van der Waals surface area contributed by atoms with Crippen LogP contribution in [-0.2, 0) is 20.0 Å². The maximum atomic E-state index is 15.5. The maximum absolute atomic E-state index is 15.5. The lowest BCUT2D eigenvalue weighted by Crippen LogP contribution is -2.41. The van der Waals surface area contributed by atoms with Crippen LogP contribution in [-0.4, -0.2) is 92.5 Å². The van der Waals surface area contributed by atoms with E-state index >= 15 is 4.39 Å². The first-order chi connectivity index (χ1) is 37.1. The minimum Gasteiger partial charge on any atom is -0.493 e. The molecule has 4 aromatic heterocycles. The van der Waals surface area contributed by atoms with E-state index in [1.54, 1.807) is 24.3 Å². The lowest BCUT2D eigenvalue weighted by Gasteiger charge is -2.34. The average molecular weight is 1240 g/mol. The van der Waals surface area contributed by atoms with Gasteiger partial charge in [0.05, 0.1) is 35.7 Å². The Kier molecular flexibility index (Phi) is 17.1. The number of carbonyl (C=O) groups excluding carboxylic acids is 2. The molecule has 2 amide bonds. The lowest BCUT2D eigenvalue weighted by atomic mass is 9.97. The number of anilines is 4. The number of nitrogens with two attached hydrogens (primary N) is 1. The van der Waals surface area contributed by atoms with E-state index in [1.807, 2.05) is 80.9 Å². The highest BCUT2D eigenvalue weighted by Crippen LogP contribution is 2.41. The molecule has 18 nitrogen and oxygen atoms in total. The van der Waals surface area contributed by atoms with Crippen molar-refractivity contribution in [1.29, 1.82) is 0 Å². The van der Waals surface area contributed by atoms with Crippen LogP contribution in [0.5, 0.6) is 11.5 Å². The van der Waals surface area contributed by atoms with E-state index in [-0.39, 0.29) is 77.0 Å². The summed E-state index contributed by atoms with van der Waals surface area (Å²) in [6.07, 6.45) is 1.54. The van der Waals surface area contributed by atoms with E-state index in [0.29, 0.717) is 51.5 Å². The molecule has 0 bridgehead atoms. The maximum Gasteiger partial charge on any atom is 0.281 e. The van der Waals surface area contributed by atoms with Crippen LogP contribution in [0, 0.1) is 38.9 Å². The molecule has 79 heavy (non-hydrogen) atoms. The highest BCUT2D eigenvalue weighted by Gasteiger charge is 2.41. The predicted octanol–water partition coefficient (Wildman–Crippen LogP) is 9.71. The molecule has 2 fully saturated rings. The second-order valence-electron chi connectivity index (χ2n) is 22.2. The third-order valence-corrected chi connectivity index (χ3v) is 16.8. The van der Waals surface area contributed by atoms with Gasteiger partial charge >= 0.3 is 0 Å². The molecule has 8 rings (SSSR count). The molecule has 2 aliphatic rings. The third kappa shape index (κ3) is 13.8. The third-order valence-electron chi connectivity index (χ3n) is 13.5. The molecule has 3 atom stereocenters. The largest absolute Gasteiger partial charge is 0.493 e. The van der Waals surface area contributed by atoms with Gasteiger partial charge in [-0.1, -0.05) is 46.8 Å². The first kappa shape index (κ1) is 58.4. The normalized spacial score (nSPS) is 17.4. The van der Waals surface area contributed by atoms with Gasteiger partial charge in [-0.2, -0.15) is 16.8 Å². The first-order valence-electron chi connectivity index (χ1n) is 25.8. The Bertz CT molecular complexity index is 3540. The Balaban J connectivity index is 0.960. The van der Waals surface area contributed by atoms with E-state index in [4.69, 9.17) is 25.2 Å². The molecule has 5 N–H and O–H groups in total. The number of aromatic nitrogens is 4. The molecule has 6 aromatic rings. The van der Waals surface area contributed by atoms with Crippen LogP contribution in [0.1, 0.15) is 95.9 Å². The fourth-order valence-corrected chi connectivity index (χ4v) is 12.7. The standard InChI is InChI=1S/C56H65F2IN10O8S2/c1-32(2)30-76-40-20-36(18-38(57)22-40)45-17-16-42(51(62-45)68-28-33(3)25-55(68,6)7)53(70)66-79(74,75)49-15-11-13-47(64-49)61-27-35(5)31-77-41-21-37(19-39(58)23-41)50-44(59)24-43(52(65-50)69-29-34(4)26-56(69,8)9)54(71)67-78(72,73)48-14-10-12-46(60)63-48/h10-24,32-35H,25-31H2,1-9H3,(H2,60,63)(H,61,64)(H,66,70)(H,67,71)/t33-,34-,35?/m0/s1. The van der Waals surface area contributed by atoms with Gasteiger partial charge in [0, 0.05) is 63.5 Å². The number of pyridine rings is 4. The van der Waals surface area contributed by atoms with Gasteiger partial charge in [-0.05, 0) is 148 Å². The van der Waals surface area contributed by atoms with Gasteiger partial charge in [0.1, 0.15) is 46.4 Å². The Morgan fingerprint density at radius 2 is 1.23 bits per heavy atom. The molecule has 1 unspecified atom stereocenters. The Labute approximate surface area is 474 Å². The number of hydrogen-bond acceptors (Lipinski definition) is 16. The summed E-state index contributed by atoms with van der Waals surface area (Å²) in [6.45, 7) is 19.8. The molecule has 6 heterocycles. The van der Waals surface area contributed by atoms with E-state index < -0.39 is 64.6 Å². The number of halogens is 3. The number of amides is 2. The number of rotatable bonds is 19. The molecule has 0 saturated carbocycles. The topological polar surface area (TPSA) is 241 Å².